The molecule has 0 aliphatic carbocycles. The van der Waals surface area contributed by atoms with E-state index in [-0.39, 0.29) is 18.9 Å². The fourth-order valence-electron chi connectivity index (χ4n) is 6.93. The Bertz CT molecular complexity index is 684. The number of carbonyl (C=O) groups is 1. The largest absolute Gasteiger partial charge is 0.394 e. The molecule has 0 rings (SSSR count). The van der Waals surface area contributed by atoms with E-state index in [0.717, 1.165) is 25.7 Å². The van der Waals surface area contributed by atoms with Crippen LogP contribution in [0, 0.1) is 0 Å². The van der Waals surface area contributed by atoms with E-state index in [9.17, 15) is 20.1 Å². The van der Waals surface area contributed by atoms with Crippen LogP contribution < -0.4 is 5.32 Å². The third-order valence-electron chi connectivity index (χ3n) is 10.3. The first kappa shape index (κ1) is 48.1. The second kappa shape index (κ2) is 39.9. The lowest BCUT2D eigenvalue weighted by atomic mass is 10.0. The van der Waals surface area contributed by atoms with Crippen molar-refractivity contribution in [2.45, 2.75) is 257 Å². The molecule has 0 aromatic carbocycles. The second-order valence-corrected chi connectivity index (χ2v) is 15.3. The molecule has 0 saturated heterocycles. The third kappa shape index (κ3) is 36.7. The lowest BCUT2D eigenvalue weighted by Crippen LogP contribution is -2.45. The Morgan fingerprint density at radius 1 is 0.510 bits per heavy atom. The first-order chi connectivity index (χ1) is 24.0. The summed E-state index contributed by atoms with van der Waals surface area (Å²) in [6.07, 6.45) is 46.4. The van der Waals surface area contributed by atoms with Crippen LogP contribution in [0.2, 0.25) is 0 Å². The lowest BCUT2D eigenvalue weighted by Gasteiger charge is -2.21. The zero-order chi connectivity index (χ0) is 35.9. The number of aliphatic hydroxyl groups excluding tert-OH is 3. The highest BCUT2D eigenvalue weighted by Crippen LogP contribution is 2.16. The standard InChI is InChI=1S/C44H87NO4/c1-3-5-7-9-11-13-15-17-19-20-21-22-23-24-25-27-29-31-33-35-37-41(47)39-44(49)45-42(40-46)43(48)38-36-34-32-30-28-26-18-16-14-12-10-8-6-4-2/h36,38,41-43,46-48H,3-35,37,39-40H2,1-2H3,(H,45,49)/b38-36+. The molecule has 0 saturated carbocycles. The van der Waals surface area contributed by atoms with Crippen LogP contribution in [-0.4, -0.2) is 46.1 Å². The Morgan fingerprint density at radius 2 is 0.837 bits per heavy atom. The summed E-state index contributed by atoms with van der Waals surface area (Å²) in [5.41, 5.74) is 0. The van der Waals surface area contributed by atoms with Crippen LogP contribution in [0.4, 0.5) is 0 Å². The molecular formula is C44H87NO4. The molecular weight excluding hydrogens is 606 g/mol. The fraction of sp³-hybridized carbons (Fsp3) is 0.932. The van der Waals surface area contributed by atoms with Gasteiger partial charge in [0, 0.05) is 0 Å². The highest BCUT2D eigenvalue weighted by molar-refractivity contribution is 5.76. The Kier molecular flexibility index (Phi) is 39.1. The van der Waals surface area contributed by atoms with E-state index in [1.54, 1.807) is 6.08 Å². The summed E-state index contributed by atoms with van der Waals surface area (Å²) < 4.78 is 0. The van der Waals surface area contributed by atoms with E-state index in [1.165, 1.54) is 186 Å². The van der Waals surface area contributed by atoms with Gasteiger partial charge in [0.15, 0.2) is 0 Å². The molecule has 1 amide bonds. The number of amides is 1. The molecule has 0 radical (unpaired) electrons. The minimum atomic E-state index is -0.923. The van der Waals surface area contributed by atoms with Crippen molar-refractivity contribution in [3.63, 3.8) is 0 Å². The van der Waals surface area contributed by atoms with Gasteiger partial charge >= 0.3 is 0 Å². The van der Waals surface area contributed by atoms with Crippen LogP contribution in [0.25, 0.3) is 0 Å². The minimum absolute atomic E-state index is 0.0188. The molecule has 4 N–H and O–H groups in total. The fourth-order valence-corrected chi connectivity index (χ4v) is 6.93. The third-order valence-corrected chi connectivity index (χ3v) is 10.3. The smallest absolute Gasteiger partial charge is 0.222 e. The summed E-state index contributed by atoms with van der Waals surface area (Å²) >= 11 is 0. The van der Waals surface area contributed by atoms with Gasteiger partial charge in [-0.25, -0.2) is 0 Å². The van der Waals surface area contributed by atoms with Gasteiger partial charge in [0.25, 0.3) is 0 Å². The maximum absolute atomic E-state index is 12.4. The van der Waals surface area contributed by atoms with Gasteiger partial charge in [0.05, 0.1) is 31.3 Å². The molecule has 292 valence electrons. The van der Waals surface area contributed by atoms with Gasteiger partial charge < -0.3 is 20.6 Å². The van der Waals surface area contributed by atoms with E-state index in [2.05, 4.69) is 19.2 Å². The monoisotopic (exact) mass is 694 g/mol. The average Bonchev–Trinajstić information content (AvgIpc) is 3.09. The number of hydrogen-bond acceptors (Lipinski definition) is 4. The van der Waals surface area contributed by atoms with Crippen LogP contribution in [-0.2, 0) is 4.79 Å². The zero-order valence-corrected chi connectivity index (χ0v) is 33.1. The number of aliphatic hydroxyl groups is 3. The number of unbranched alkanes of at least 4 members (excludes halogenated alkanes) is 31. The van der Waals surface area contributed by atoms with Crippen LogP contribution in [0.1, 0.15) is 239 Å². The number of allylic oxidation sites excluding steroid dienone is 1. The van der Waals surface area contributed by atoms with Gasteiger partial charge in [-0.15, -0.1) is 0 Å². The van der Waals surface area contributed by atoms with E-state index < -0.39 is 18.2 Å². The van der Waals surface area contributed by atoms with Crippen molar-refractivity contribution in [1.29, 1.82) is 0 Å². The first-order valence-corrected chi connectivity index (χ1v) is 22.0. The topological polar surface area (TPSA) is 89.8 Å². The van der Waals surface area contributed by atoms with Crippen molar-refractivity contribution in [1.82, 2.24) is 5.32 Å². The summed E-state index contributed by atoms with van der Waals surface area (Å²) in [5, 5.41) is 33.2. The molecule has 5 nitrogen and oxygen atoms in total. The van der Waals surface area contributed by atoms with Crippen molar-refractivity contribution >= 4 is 5.91 Å². The molecule has 0 aromatic rings. The predicted octanol–water partition coefficient (Wildman–Crippen LogP) is 12.4. The molecule has 0 fully saturated rings. The van der Waals surface area contributed by atoms with E-state index in [1.807, 2.05) is 6.08 Å². The predicted molar refractivity (Wildman–Crippen MR) is 213 cm³/mol. The van der Waals surface area contributed by atoms with Crippen LogP contribution in [0.3, 0.4) is 0 Å². The van der Waals surface area contributed by atoms with Crippen LogP contribution >= 0.6 is 0 Å². The summed E-state index contributed by atoms with van der Waals surface area (Å²) in [4.78, 5) is 12.4. The summed E-state index contributed by atoms with van der Waals surface area (Å²) in [6.45, 7) is 4.22. The van der Waals surface area contributed by atoms with Gasteiger partial charge in [-0.05, 0) is 19.3 Å². The Balaban J connectivity index is 3.61. The van der Waals surface area contributed by atoms with Crippen molar-refractivity contribution in [2.24, 2.45) is 0 Å². The second-order valence-electron chi connectivity index (χ2n) is 15.3. The zero-order valence-electron chi connectivity index (χ0n) is 33.1. The number of hydrogen-bond donors (Lipinski definition) is 4. The maximum atomic E-state index is 12.4. The van der Waals surface area contributed by atoms with Crippen LogP contribution in [0.5, 0.6) is 0 Å². The summed E-state index contributed by atoms with van der Waals surface area (Å²) in [5.74, 6) is -0.312. The van der Waals surface area contributed by atoms with Crippen molar-refractivity contribution in [3.8, 4) is 0 Å². The van der Waals surface area contributed by atoms with Crippen LogP contribution in [0.15, 0.2) is 12.2 Å². The van der Waals surface area contributed by atoms with E-state index in [0.29, 0.717) is 6.42 Å². The van der Waals surface area contributed by atoms with Crippen molar-refractivity contribution < 1.29 is 20.1 Å². The highest BCUT2D eigenvalue weighted by Gasteiger charge is 2.20. The summed E-state index contributed by atoms with van der Waals surface area (Å²) in [6, 6.07) is -0.738. The first-order valence-electron chi connectivity index (χ1n) is 22.0. The highest BCUT2D eigenvalue weighted by atomic mass is 16.3. The van der Waals surface area contributed by atoms with Crippen molar-refractivity contribution in [3.05, 3.63) is 12.2 Å². The number of nitrogens with one attached hydrogen (secondary N) is 1. The quantitative estimate of drug-likeness (QED) is 0.0380. The normalized spacial score (nSPS) is 13.7. The van der Waals surface area contributed by atoms with Gasteiger partial charge in [0.2, 0.25) is 5.91 Å². The van der Waals surface area contributed by atoms with Gasteiger partial charge in [-0.1, -0.05) is 225 Å². The molecule has 0 aliphatic heterocycles. The molecule has 0 aromatic heterocycles. The molecule has 3 atom stereocenters. The molecule has 49 heavy (non-hydrogen) atoms. The number of carbonyl (C=O) groups excluding carboxylic acids is 1. The number of rotatable bonds is 40. The van der Waals surface area contributed by atoms with Gasteiger partial charge in [-0.3, -0.25) is 4.79 Å². The maximum Gasteiger partial charge on any atom is 0.222 e. The minimum Gasteiger partial charge on any atom is -0.394 e. The Labute approximate surface area is 306 Å². The van der Waals surface area contributed by atoms with E-state index in [4.69, 9.17) is 0 Å². The molecule has 0 heterocycles. The molecule has 3 unspecified atom stereocenters. The van der Waals surface area contributed by atoms with E-state index >= 15 is 0 Å². The lowest BCUT2D eigenvalue weighted by molar-refractivity contribution is -0.124. The van der Waals surface area contributed by atoms with Gasteiger partial charge in [-0.2, -0.15) is 0 Å². The van der Waals surface area contributed by atoms with Crippen molar-refractivity contribution in [2.75, 3.05) is 6.61 Å². The molecule has 5 heteroatoms. The molecule has 0 aliphatic rings. The average molecular weight is 694 g/mol. The molecule has 0 bridgehead atoms. The molecule has 0 spiro atoms. The SMILES string of the molecule is CCCCCCCCCCCCCC/C=C/C(O)C(CO)NC(=O)CC(O)CCCCCCCCCCCCCCCCCCCCCC. The Hall–Kier alpha value is -0.910. The van der Waals surface area contributed by atoms with Gasteiger partial charge in [0.1, 0.15) is 0 Å². The Morgan fingerprint density at radius 3 is 1.18 bits per heavy atom. The summed E-state index contributed by atoms with van der Waals surface area (Å²) in [7, 11) is 0.